The van der Waals surface area contributed by atoms with E-state index >= 15 is 0 Å². The average molecular weight is 258 g/mol. The van der Waals surface area contributed by atoms with Crippen LogP contribution in [0.2, 0.25) is 0 Å². The van der Waals surface area contributed by atoms with E-state index in [1.165, 1.54) is 6.92 Å². The first-order chi connectivity index (χ1) is 6.68. The van der Waals surface area contributed by atoms with Gasteiger partial charge in [0.05, 0.1) is 10.9 Å². The maximum atomic E-state index is 11.1. The molecule has 1 fully saturated rings. The van der Waals surface area contributed by atoms with Gasteiger partial charge in [0.1, 0.15) is 10.1 Å². The molecule has 4 nitrogen and oxygen atoms in total. The second kappa shape index (κ2) is 5.67. The van der Waals surface area contributed by atoms with Gasteiger partial charge in [0.25, 0.3) is 0 Å². The molecule has 16 heavy (non-hydrogen) atoms. The van der Waals surface area contributed by atoms with Gasteiger partial charge in [-0.05, 0) is 38.0 Å². The van der Waals surface area contributed by atoms with Crippen LogP contribution in [0.1, 0.15) is 40.0 Å². The van der Waals surface area contributed by atoms with Crippen molar-refractivity contribution in [2.24, 2.45) is 11.8 Å². The molecule has 1 saturated carbocycles. The molecule has 90 valence electrons. The van der Waals surface area contributed by atoms with Crippen molar-refractivity contribution in [3.63, 3.8) is 0 Å². The summed E-state index contributed by atoms with van der Waals surface area (Å²) in [4.78, 5) is 0. The summed E-state index contributed by atoms with van der Waals surface area (Å²) < 4.78 is 31.8. The largest absolute Gasteiger partial charge is 1.00 e. The molecule has 1 aliphatic rings. The van der Waals surface area contributed by atoms with Gasteiger partial charge >= 0.3 is 29.6 Å². The third kappa shape index (κ3) is 3.21. The molecule has 1 aliphatic carbocycles. The molecule has 0 amide bonds. The van der Waals surface area contributed by atoms with Crippen LogP contribution in [0.5, 0.6) is 0 Å². The molecule has 0 heterocycles. The first-order valence-corrected chi connectivity index (χ1v) is 6.73. The Hall–Kier alpha value is 0.870. The Kier molecular flexibility index (Phi) is 5.98. The summed E-state index contributed by atoms with van der Waals surface area (Å²) >= 11 is 0. The number of rotatable bonds is 2. The molecule has 1 rings (SSSR count). The quantitative estimate of drug-likeness (QED) is 0.464. The van der Waals surface area contributed by atoms with Crippen LogP contribution in [0.4, 0.5) is 0 Å². The SMILES string of the molecule is CC(C)[C@@H]1CCC(C)(S(=O)(=O)[O-])[C@@H](O)C1.[Na+]. The van der Waals surface area contributed by atoms with Crippen LogP contribution < -0.4 is 29.6 Å². The Labute approximate surface area is 120 Å². The fourth-order valence-electron chi connectivity index (χ4n) is 2.19. The second-order valence-electron chi connectivity index (χ2n) is 5.06. The summed E-state index contributed by atoms with van der Waals surface area (Å²) in [7, 11) is -4.42. The van der Waals surface area contributed by atoms with Crippen LogP contribution in [-0.2, 0) is 10.1 Å². The third-order valence-electron chi connectivity index (χ3n) is 3.76. The molecule has 0 spiro atoms. The summed E-state index contributed by atoms with van der Waals surface area (Å²) in [5.41, 5.74) is 0. The molecule has 0 bridgehead atoms. The van der Waals surface area contributed by atoms with Crippen LogP contribution in [0, 0.1) is 11.8 Å². The number of aliphatic hydroxyl groups excluding tert-OH is 1. The first-order valence-electron chi connectivity index (χ1n) is 5.32. The van der Waals surface area contributed by atoms with E-state index in [-0.39, 0.29) is 36.0 Å². The predicted molar refractivity (Wildman–Crippen MR) is 56.3 cm³/mol. The fourth-order valence-corrected chi connectivity index (χ4v) is 2.99. The van der Waals surface area contributed by atoms with Gasteiger partial charge in [-0.2, -0.15) is 0 Å². The summed E-state index contributed by atoms with van der Waals surface area (Å²) in [6.45, 7) is 5.45. The molecule has 3 atom stereocenters. The number of hydrogen-bond acceptors (Lipinski definition) is 4. The van der Waals surface area contributed by atoms with E-state index in [2.05, 4.69) is 0 Å². The van der Waals surface area contributed by atoms with Crippen LogP contribution in [-0.4, -0.2) is 28.9 Å². The van der Waals surface area contributed by atoms with Crippen LogP contribution in [0.3, 0.4) is 0 Å². The van der Waals surface area contributed by atoms with E-state index in [1.807, 2.05) is 13.8 Å². The van der Waals surface area contributed by atoms with Crippen molar-refractivity contribution in [3.05, 3.63) is 0 Å². The van der Waals surface area contributed by atoms with Gasteiger partial charge in [-0.15, -0.1) is 0 Å². The standard InChI is InChI=1S/C10H20O4S.Na/c1-7(2)8-4-5-10(3,9(11)6-8)15(12,13)14;/h7-9,11H,4-6H2,1-3H3,(H,12,13,14);/q;+1/p-1/t8-,9+,10?;/m1./s1. The van der Waals surface area contributed by atoms with Crippen molar-refractivity contribution >= 4 is 10.1 Å². The van der Waals surface area contributed by atoms with Crippen molar-refractivity contribution in [3.8, 4) is 0 Å². The predicted octanol–water partition coefficient (Wildman–Crippen LogP) is -1.89. The van der Waals surface area contributed by atoms with Crippen LogP contribution >= 0.6 is 0 Å². The van der Waals surface area contributed by atoms with Crippen LogP contribution in [0.25, 0.3) is 0 Å². The zero-order valence-electron chi connectivity index (χ0n) is 10.4. The zero-order chi connectivity index (χ0) is 11.9. The van der Waals surface area contributed by atoms with E-state index in [0.29, 0.717) is 24.7 Å². The van der Waals surface area contributed by atoms with Gasteiger partial charge in [0.2, 0.25) is 0 Å². The van der Waals surface area contributed by atoms with Gasteiger partial charge in [-0.25, -0.2) is 8.42 Å². The second-order valence-corrected chi connectivity index (χ2v) is 6.90. The smallest absolute Gasteiger partial charge is 0.747 e. The molecule has 1 unspecified atom stereocenters. The molecule has 6 heteroatoms. The molecule has 0 aliphatic heterocycles. The molecule has 0 aromatic carbocycles. The first kappa shape index (κ1) is 16.9. The summed E-state index contributed by atoms with van der Waals surface area (Å²) in [5.74, 6) is 0.730. The van der Waals surface area contributed by atoms with Gasteiger partial charge in [-0.3, -0.25) is 0 Å². The Morgan fingerprint density at radius 2 is 1.94 bits per heavy atom. The normalized spacial score (nSPS) is 35.9. The Balaban J connectivity index is 0.00000225. The maximum Gasteiger partial charge on any atom is 1.00 e. The Morgan fingerprint density at radius 1 is 1.44 bits per heavy atom. The van der Waals surface area contributed by atoms with Gasteiger partial charge in [0, 0.05) is 0 Å². The van der Waals surface area contributed by atoms with E-state index in [0.717, 1.165) is 0 Å². The minimum absolute atomic E-state index is 0. The molecule has 0 aromatic heterocycles. The van der Waals surface area contributed by atoms with Crippen molar-refractivity contribution in [1.82, 2.24) is 0 Å². The molecule has 0 aromatic rings. The molecular weight excluding hydrogens is 239 g/mol. The molecule has 0 saturated heterocycles. The van der Waals surface area contributed by atoms with Crippen molar-refractivity contribution in [2.45, 2.75) is 50.9 Å². The Morgan fingerprint density at radius 3 is 2.25 bits per heavy atom. The minimum atomic E-state index is -4.42. The fraction of sp³-hybridized carbons (Fsp3) is 1.00. The summed E-state index contributed by atoms with van der Waals surface area (Å²) in [5, 5.41) is 9.80. The Bertz CT molecular complexity index is 328. The van der Waals surface area contributed by atoms with Crippen molar-refractivity contribution < 1.29 is 47.6 Å². The third-order valence-corrected chi connectivity index (χ3v) is 5.37. The number of aliphatic hydroxyl groups is 1. The van der Waals surface area contributed by atoms with E-state index < -0.39 is 21.0 Å². The van der Waals surface area contributed by atoms with Gasteiger partial charge < -0.3 is 9.66 Å². The monoisotopic (exact) mass is 258 g/mol. The zero-order valence-corrected chi connectivity index (χ0v) is 13.3. The maximum absolute atomic E-state index is 11.1. The van der Waals surface area contributed by atoms with Crippen molar-refractivity contribution in [1.29, 1.82) is 0 Å². The summed E-state index contributed by atoms with van der Waals surface area (Å²) in [6, 6.07) is 0. The summed E-state index contributed by atoms with van der Waals surface area (Å²) in [6.07, 6.45) is 0.353. The molecular formula is C10H19NaO4S. The van der Waals surface area contributed by atoms with E-state index in [4.69, 9.17) is 0 Å². The molecule has 1 N–H and O–H groups in total. The topological polar surface area (TPSA) is 77.4 Å². The van der Waals surface area contributed by atoms with Crippen molar-refractivity contribution in [2.75, 3.05) is 0 Å². The van der Waals surface area contributed by atoms with Crippen LogP contribution in [0.15, 0.2) is 0 Å². The average Bonchev–Trinajstić information content (AvgIpc) is 2.07. The van der Waals surface area contributed by atoms with E-state index in [1.54, 1.807) is 0 Å². The molecule has 0 radical (unpaired) electrons. The number of hydrogen-bond donors (Lipinski definition) is 1. The van der Waals surface area contributed by atoms with Gasteiger partial charge in [-0.1, -0.05) is 13.8 Å². The van der Waals surface area contributed by atoms with E-state index in [9.17, 15) is 18.1 Å². The van der Waals surface area contributed by atoms with Gasteiger partial charge in [0.15, 0.2) is 0 Å². The minimum Gasteiger partial charge on any atom is -0.747 e.